The Kier molecular flexibility index (Phi) is 6.60. The summed E-state index contributed by atoms with van der Waals surface area (Å²) < 4.78 is 4.98. The second-order valence-electron chi connectivity index (χ2n) is 5.39. The molecular formula is C15H25N3O2S. The van der Waals surface area contributed by atoms with Gasteiger partial charge in [-0.25, -0.2) is 9.78 Å². The molecule has 0 amide bonds. The molecule has 1 aromatic heterocycles. The average Bonchev–Trinajstić information content (AvgIpc) is 2.96. The lowest BCUT2D eigenvalue weighted by Gasteiger charge is -2.28. The molecule has 0 spiro atoms. The number of esters is 1. The van der Waals surface area contributed by atoms with Crippen molar-refractivity contribution in [1.29, 1.82) is 0 Å². The van der Waals surface area contributed by atoms with Crippen LogP contribution in [0.15, 0.2) is 5.38 Å². The summed E-state index contributed by atoms with van der Waals surface area (Å²) in [4.78, 5) is 18.5. The molecule has 1 aromatic rings. The molecule has 6 heteroatoms. The third kappa shape index (κ3) is 5.05. The van der Waals surface area contributed by atoms with Gasteiger partial charge in [0.2, 0.25) is 5.01 Å². The average molecular weight is 311 g/mol. The molecule has 5 nitrogen and oxygen atoms in total. The molecule has 0 bridgehead atoms. The van der Waals surface area contributed by atoms with Crippen molar-refractivity contribution in [3.8, 4) is 0 Å². The van der Waals surface area contributed by atoms with Gasteiger partial charge in [-0.1, -0.05) is 6.92 Å². The largest absolute Gasteiger partial charge is 0.461 e. The molecule has 1 fully saturated rings. The summed E-state index contributed by atoms with van der Waals surface area (Å²) in [5.41, 5.74) is 0.971. The van der Waals surface area contributed by atoms with E-state index in [-0.39, 0.29) is 5.97 Å². The molecule has 1 aliphatic heterocycles. The van der Waals surface area contributed by atoms with Crippen molar-refractivity contribution in [3.63, 3.8) is 0 Å². The van der Waals surface area contributed by atoms with Crippen molar-refractivity contribution < 1.29 is 9.53 Å². The molecule has 118 valence electrons. The Morgan fingerprint density at radius 1 is 1.48 bits per heavy atom. The Morgan fingerprint density at radius 2 is 2.24 bits per heavy atom. The highest BCUT2D eigenvalue weighted by atomic mass is 32.1. The zero-order valence-electron chi connectivity index (χ0n) is 12.9. The summed E-state index contributed by atoms with van der Waals surface area (Å²) in [5, 5.41) is 5.84. The van der Waals surface area contributed by atoms with E-state index < -0.39 is 0 Å². The van der Waals surface area contributed by atoms with Crippen molar-refractivity contribution >= 4 is 17.3 Å². The summed E-state index contributed by atoms with van der Waals surface area (Å²) >= 11 is 1.37. The molecule has 0 radical (unpaired) electrons. The first-order valence-corrected chi connectivity index (χ1v) is 8.65. The van der Waals surface area contributed by atoms with E-state index in [4.69, 9.17) is 4.74 Å². The molecule has 2 heterocycles. The monoisotopic (exact) mass is 311 g/mol. The quantitative estimate of drug-likeness (QED) is 0.782. The predicted octanol–water partition coefficient (Wildman–Crippen LogP) is 2.14. The second kappa shape index (κ2) is 8.46. The van der Waals surface area contributed by atoms with E-state index in [9.17, 15) is 4.79 Å². The van der Waals surface area contributed by atoms with Crippen molar-refractivity contribution in [2.45, 2.75) is 33.2 Å². The van der Waals surface area contributed by atoms with Gasteiger partial charge >= 0.3 is 5.97 Å². The number of piperidine rings is 1. The van der Waals surface area contributed by atoms with Gasteiger partial charge in [-0.3, -0.25) is 4.90 Å². The van der Waals surface area contributed by atoms with Gasteiger partial charge in [0.25, 0.3) is 0 Å². The van der Waals surface area contributed by atoms with Crippen molar-refractivity contribution in [2.75, 3.05) is 32.8 Å². The Bertz CT molecular complexity index is 444. The summed E-state index contributed by atoms with van der Waals surface area (Å²) in [6.45, 7) is 9.59. The normalized spacial score (nSPS) is 16.3. The van der Waals surface area contributed by atoms with Crippen LogP contribution < -0.4 is 5.32 Å². The Hall–Kier alpha value is -0.980. The molecule has 0 aliphatic carbocycles. The topological polar surface area (TPSA) is 54.5 Å². The van der Waals surface area contributed by atoms with Gasteiger partial charge in [0.1, 0.15) is 0 Å². The number of nitrogens with zero attached hydrogens (tertiary/aromatic N) is 2. The molecule has 0 atom stereocenters. The number of hydrogen-bond acceptors (Lipinski definition) is 6. The number of carbonyl (C=O) groups excluding carboxylic acids is 1. The Labute approximate surface area is 130 Å². The Balaban J connectivity index is 1.87. The number of thiazole rings is 1. The minimum absolute atomic E-state index is 0.310. The zero-order valence-corrected chi connectivity index (χ0v) is 13.7. The van der Waals surface area contributed by atoms with Crippen LogP contribution in [0, 0.1) is 5.92 Å². The first kappa shape index (κ1) is 16.4. The van der Waals surface area contributed by atoms with Gasteiger partial charge in [0.05, 0.1) is 12.3 Å². The van der Waals surface area contributed by atoms with Crippen LogP contribution in [0.25, 0.3) is 0 Å². The third-order valence-corrected chi connectivity index (χ3v) is 4.68. The maximum atomic E-state index is 11.6. The van der Waals surface area contributed by atoms with Crippen molar-refractivity contribution in [2.24, 2.45) is 5.92 Å². The highest BCUT2D eigenvalue weighted by Gasteiger charge is 2.18. The number of hydrogen-bond donors (Lipinski definition) is 1. The van der Waals surface area contributed by atoms with E-state index in [2.05, 4.69) is 22.1 Å². The SMILES string of the molecule is CCOC(=O)c1nc(CN(CC)CC2CCNCC2)cs1. The van der Waals surface area contributed by atoms with Crippen LogP contribution in [0.5, 0.6) is 0 Å². The molecule has 1 saturated heterocycles. The first-order chi connectivity index (χ1) is 10.2. The fourth-order valence-corrected chi connectivity index (χ4v) is 3.33. The molecule has 0 aromatic carbocycles. The number of ether oxygens (including phenoxy) is 1. The minimum Gasteiger partial charge on any atom is -0.461 e. The van der Waals surface area contributed by atoms with Crippen LogP contribution in [0.2, 0.25) is 0 Å². The van der Waals surface area contributed by atoms with Crippen LogP contribution in [0.4, 0.5) is 0 Å². The summed E-state index contributed by atoms with van der Waals surface area (Å²) in [6.07, 6.45) is 2.50. The molecule has 0 saturated carbocycles. The van der Waals surface area contributed by atoms with Crippen LogP contribution in [-0.4, -0.2) is 48.6 Å². The van der Waals surface area contributed by atoms with E-state index in [1.54, 1.807) is 0 Å². The molecule has 2 rings (SSSR count). The first-order valence-electron chi connectivity index (χ1n) is 7.77. The zero-order chi connectivity index (χ0) is 15.1. The predicted molar refractivity (Wildman–Crippen MR) is 84.6 cm³/mol. The fraction of sp³-hybridized carbons (Fsp3) is 0.733. The minimum atomic E-state index is -0.310. The van der Waals surface area contributed by atoms with Gasteiger partial charge in [0, 0.05) is 18.5 Å². The van der Waals surface area contributed by atoms with Gasteiger partial charge in [-0.05, 0) is 45.3 Å². The highest BCUT2D eigenvalue weighted by Crippen LogP contribution is 2.17. The van der Waals surface area contributed by atoms with E-state index >= 15 is 0 Å². The smallest absolute Gasteiger partial charge is 0.367 e. The van der Waals surface area contributed by atoms with E-state index in [0.717, 1.165) is 44.3 Å². The standard InChI is InChI=1S/C15H25N3O2S/c1-3-18(9-12-5-7-16-8-6-12)10-13-11-21-14(17-13)15(19)20-4-2/h11-12,16H,3-10H2,1-2H3. The van der Waals surface area contributed by atoms with Gasteiger partial charge in [-0.2, -0.15) is 0 Å². The summed E-state index contributed by atoms with van der Waals surface area (Å²) in [5.74, 6) is 0.463. The fourth-order valence-electron chi connectivity index (χ4n) is 2.63. The van der Waals surface area contributed by atoms with Crippen LogP contribution in [0.3, 0.4) is 0 Å². The Morgan fingerprint density at radius 3 is 2.90 bits per heavy atom. The van der Waals surface area contributed by atoms with Gasteiger partial charge in [-0.15, -0.1) is 11.3 Å². The molecule has 21 heavy (non-hydrogen) atoms. The number of nitrogens with one attached hydrogen (secondary N) is 1. The van der Waals surface area contributed by atoms with E-state index in [1.807, 2.05) is 12.3 Å². The van der Waals surface area contributed by atoms with E-state index in [1.165, 1.54) is 24.2 Å². The number of aromatic nitrogens is 1. The molecule has 1 aliphatic rings. The van der Waals surface area contributed by atoms with Crippen LogP contribution >= 0.6 is 11.3 Å². The van der Waals surface area contributed by atoms with Crippen molar-refractivity contribution in [1.82, 2.24) is 15.2 Å². The van der Waals surface area contributed by atoms with Crippen molar-refractivity contribution in [3.05, 3.63) is 16.1 Å². The lowest BCUT2D eigenvalue weighted by atomic mass is 9.97. The lowest BCUT2D eigenvalue weighted by Crippen LogP contribution is -2.36. The second-order valence-corrected chi connectivity index (χ2v) is 6.24. The van der Waals surface area contributed by atoms with Crippen LogP contribution in [0.1, 0.15) is 42.2 Å². The van der Waals surface area contributed by atoms with E-state index in [0.29, 0.717) is 11.6 Å². The maximum Gasteiger partial charge on any atom is 0.367 e. The molecule has 1 N–H and O–H groups in total. The number of carbonyl (C=O) groups is 1. The highest BCUT2D eigenvalue weighted by molar-refractivity contribution is 7.11. The maximum absolute atomic E-state index is 11.6. The molecular weight excluding hydrogens is 286 g/mol. The van der Waals surface area contributed by atoms with Gasteiger partial charge in [0.15, 0.2) is 0 Å². The van der Waals surface area contributed by atoms with Crippen LogP contribution in [-0.2, 0) is 11.3 Å². The molecule has 0 unspecified atom stereocenters. The number of rotatable bonds is 7. The summed E-state index contributed by atoms with van der Waals surface area (Å²) in [7, 11) is 0. The third-order valence-electron chi connectivity index (χ3n) is 3.81. The lowest BCUT2D eigenvalue weighted by molar-refractivity contribution is 0.0525. The summed E-state index contributed by atoms with van der Waals surface area (Å²) in [6, 6.07) is 0. The van der Waals surface area contributed by atoms with Gasteiger partial charge < -0.3 is 10.1 Å².